The summed E-state index contributed by atoms with van der Waals surface area (Å²) >= 11 is 0. The van der Waals surface area contributed by atoms with Gasteiger partial charge in [-0.25, -0.2) is 9.78 Å². The first kappa shape index (κ1) is 30.7. The Bertz CT molecular complexity index is 1270. The zero-order valence-corrected chi connectivity index (χ0v) is 23.4. The predicted molar refractivity (Wildman–Crippen MR) is 145 cm³/mol. The first-order chi connectivity index (χ1) is 19.5. The van der Waals surface area contributed by atoms with Crippen LogP contribution < -0.4 is 0 Å². The van der Waals surface area contributed by atoms with E-state index in [1.807, 2.05) is 19.1 Å². The molecule has 10 heteroatoms. The summed E-state index contributed by atoms with van der Waals surface area (Å²) in [5, 5.41) is 9.55. The number of rotatable bonds is 12. The van der Waals surface area contributed by atoms with Crippen LogP contribution in [-0.2, 0) is 38.4 Å². The number of aromatic nitrogens is 1. The maximum atomic E-state index is 12.8. The number of oxazole rings is 1. The van der Waals surface area contributed by atoms with Crippen molar-refractivity contribution < 1.29 is 41.7 Å². The number of nitrogens with zero attached hydrogens (tertiary/aromatic N) is 1. The lowest BCUT2D eigenvalue weighted by Gasteiger charge is -2.29. The van der Waals surface area contributed by atoms with E-state index in [0.29, 0.717) is 36.2 Å². The van der Waals surface area contributed by atoms with Crippen LogP contribution in [-0.4, -0.2) is 41.0 Å². The average molecular weight is 576 g/mol. The standard InChI is InChI=1S/C31H36F3NO6/c1-19(2)22-9-11-23(12-10-22)29-35-27(20(3)41-29)17-38-25-5-4-6-26(15-25)39-18-28(30(36)37)40-16-21-7-13-24(14-8-21)31(32,33)34/h7-14,19,25-26,28H,4-6,15-18H2,1-3H3,(H,36,37)/t25-,26+,28?/m0/s1. The SMILES string of the molecule is Cc1oc(-c2ccc(C(C)C)cc2)nc1CO[C@H]1CCC[C@@H](OCC(OCc2ccc(C(F)(F)F)cc2)C(=O)O)C1. The highest BCUT2D eigenvalue weighted by molar-refractivity contribution is 5.72. The van der Waals surface area contributed by atoms with Gasteiger partial charge in [-0.05, 0) is 73.9 Å². The number of alkyl halides is 3. The molecular weight excluding hydrogens is 539 g/mol. The first-order valence-electron chi connectivity index (χ1n) is 13.8. The lowest BCUT2D eigenvalue weighted by Crippen LogP contribution is -2.34. The second-order valence-electron chi connectivity index (χ2n) is 10.7. The highest BCUT2D eigenvalue weighted by Crippen LogP contribution is 2.30. The summed E-state index contributed by atoms with van der Waals surface area (Å²) in [5.41, 5.74) is 2.55. The van der Waals surface area contributed by atoms with Gasteiger partial charge in [0.1, 0.15) is 11.5 Å². The van der Waals surface area contributed by atoms with Crippen LogP contribution in [0.2, 0.25) is 0 Å². The fraction of sp³-hybridized carbons (Fsp3) is 0.484. The molecule has 4 rings (SSSR count). The van der Waals surface area contributed by atoms with Crippen LogP contribution in [0.1, 0.15) is 73.6 Å². The van der Waals surface area contributed by atoms with Crippen molar-refractivity contribution in [3.63, 3.8) is 0 Å². The van der Waals surface area contributed by atoms with Crippen LogP contribution in [0, 0.1) is 6.92 Å². The molecule has 0 spiro atoms. The molecule has 7 nitrogen and oxygen atoms in total. The van der Waals surface area contributed by atoms with Crippen molar-refractivity contribution >= 4 is 5.97 Å². The molecule has 0 bridgehead atoms. The summed E-state index contributed by atoms with van der Waals surface area (Å²) in [6.07, 6.45) is -2.86. The maximum Gasteiger partial charge on any atom is 0.416 e. The van der Waals surface area contributed by atoms with Gasteiger partial charge in [-0.2, -0.15) is 13.2 Å². The van der Waals surface area contributed by atoms with E-state index in [1.165, 1.54) is 17.7 Å². The Hall–Kier alpha value is -3.21. The Kier molecular flexibility index (Phi) is 10.2. The van der Waals surface area contributed by atoms with Crippen molar-refractivity contribution in [2.75, 3.05) is 6.61 Å². The lowest BCUT2D eigenvalue weighted by atomic mass is 9.95. The Morgan fingerprint density at radius 3 is 2.29 bits per heavy atom. The van der Waals surface area contributed by atoms with Crippen molar-refractivity contribution in [3.8, 4) is 11.5 Å². The second-order valence-corrected chi connectivity index (χ2v) is 10.7. The summed E-state index contributed by atoms with van der Waals surface area (Å²) in [7, 11) is 0. The fourth-order valence-corrected chi connectivity index (χ4v) is 4.70. The minimum atomic E-state index is -4.44. The van der Waals surface area contributed by atoms with Crippen molar-refractivity contribution in [1.29, 1.82) is 0 Å². The van der Waals surface area contributed by atoms with Crippen LogP contribution in [0.4, 0.5) is 13.2 Å². The van der Waals surface area contributed by atoms with E-state index in [4.69, 9.17) is 18.6 Å². The summed E-state index contributed by atoms with van der Waals surface area (Å²) in [5.74, 6) is 0.498. The van der Waals surface area contributed by atoms with Crippen molar-refractivity contribution in [1.82, 2.24) is 4.98 Å². The van der Waals surface area contributed by atoms with Gasteiger partial charge >= 0.3 is 12.1 Å². The minimum Gasteiger partial charge on any atom is -0.479 e. The van der Waals surface area contributed by atoms with E-state index in [2.05, 4.69) is 31.0 Å². The quantitative estimate of drug-likeness (QED) is 0.242. The average Bonchev–Trinajstić information content (AvgIpc) is 3.32. The third kappa shape index (κ3) is 8.64. The Balaban J connectivity index is 1.25. The zero-order chi connectivity index (χ0) is 29.6. The monoisotopic (exact) mass is 575 g/mol. The largest absolute Gasteiger partial charge is 0.479 e. The molecule has 1 fully saturated rings. The highest BCUT2D eigenvalue weighted by atomic mass is 19.4. The number of aryl methyl sites for hydroxylation is 1. The van der Waals surface area contributed by atoms with Gasteiger partial charge < -0.3 is 23.7 Å². The van der Waals surface area contributed by atoms with Crippen LogP contribution in [0.15, 0.2) is 52.9 Å². The van der Waals surface area contributed by atoms with Crippen molar-refractivity contribution in [3.05, 3.63) is 76.7 Å². The summed E-state index contributed by atoms with van der Waals surface area (Å²) in [4.78, 5) is 16.3. The molecule has 3 atom stereocenters. The molecule has 1 aliphatic carbocycles. The molecule has 1 aromatic heterocycles. The van der Waals surface area contributed by atoms with E-state index in [0.717, 1.165) is 42.7 Å². The fourth-order valence-electron chi connectivity index (χ4n) is 4.70. The first-order valence-corrected chi connectivity index (χ1v) is 13.8. The van der Waals surface area contributed by atoms with Gasteiger partial charge in [0.2, 0.25) is 5.89 Å². The van der Waals surface area contributed by atoms with Crippen LogP contribution in [0.5, 0.6) is 0 Å². The molecule has 2 aromatic carbocycles. The smallest absolute Gasteiger partial charge is 0.416 e. The van der Waals surface area contributed by atoms with E-state index < -0.39 is 23.8 Å². The molecule has 1 unspecified atom stereocenters. The number of carboxylic acid groups (broad SMARTS) is 1. The third-order valence-corrected chi connectivity index (χ3v) is 7.24. The molecule has 0 aliphatic heterocycles. The van der Waals surface area contributed by atoms with Gasteiger partial charge in [-0.3, -0.25) is 0 Å². The summed E-state index contributed by atoms with van der Waals surface area (Å²) < 4.78 is 61.6. The maximum absolute atomic E-state index is 12.8. The van der Waals surface area contributed by atoms with Gasteiger partial charge in [-0.1, -0.05) is 38.1 Å². The van der Waals surface area contributed by atoms with Gasteiger partial charge in [0.15, 0.2) is 6.10 Å². The van der Waals surface area contributed by atoms with E-state index >= 15 is 0 Å². The van der Waals surface area contributed by atoms with Gasteiger partial charge in [-0.15, -0.1) is 0 Å². The van der Waals surface area contributed by atoms with E-state index in [-0.39, 0.29) is 25.4 Å². The molecule has 1 aliphatic rings. The molecule has 222 valence electrons. The molecule has 1 N–H and O–H groups in total. The molecule has 3 aromatic rings. The van der Waals surface area contributed by atoms with Gasteiger partial charge in [0, 0.05) is 5.56 Å². The second kappa shape index (κ2) is 13.6. The topological polar surface area (TPSA) is 91.0 Å². The number of carboxylic acids is 1. The Labute approximate surface area is 237 Å². The molecule has 1 saturated carbocycles. The number of benzene rings is 2. The highest BCUT2D eigenvalue weighted by Gasteiger charge is 2.30. The number of aliphatic carboxylic acids is 1. The van der Waals surface area contributed by atoms with Crippen LogP contribution >= 0.6 is 0 Å². The van der Waals surface area contributed by atoms with Crippen LogP contribution in [0.3, 0.4) is 0 Å². The molecular formula is C31H36F3NO6. The number of hydrogen-bond acceptors (Lipinski definition) is 6. The number of halogens is 3. The summed E-state index contributed by atoms with van der Waals surface area (Å²) in [6, 6.07) is 12.6. The molecule has 0 radical (unpaired) electrons. The van der Waals surface area contributed by atoms with Gasteiger partial charge in [0.25, 0.3) is 0 Å². The molecule has 1 heterocycles. The number of ether oxygens (including phenoxy) is 3. The van der Waals surface area contributed by atoms with E-state index in [1.54, 1.807) is 0 Å². The molecule has 0 amide bonds. The Morgan fingerprint density at radius 2 is 1.68 bits per heavy atom. The molecule has 0 saturated heterocycles. The lowest BCUT2D eigenvalue weighted by molar-refractivity contribution is -0.159. The zero-order valence-electron chi connectivity index (χ0n) is 23.4. The number of carbonyl (C=O) groups is 1. The summed E-state index contributed by atoms with van der Waals surface area (Å²) in [6.45, 7) is 6.13. The number of hydrogen-bond donors (Lipinski definition) is 1. The Morgan fingerprint density at radius 1 is 1.02 bits per heavy atom. The normalized spacial score (nSPS) is 18.5. The molecule has 41 heavy (non-hydrogen) atoms. The van der Waals surface area contributed by atoms with Crippen molar-refractivity contribution in [2.24, 2.45) is 0 Å². The van der Waals surface area contributed by atoms with Crippen molar-refractivity contribution in [2.45, 2.75) is 90.1 Å². The minimum absolute atomic E-state index is 0.0741. The van der Waals surface area contributed by atoms with Crippen LogP contribution in [0.25, 0.3) is 11.5 Å². The van der Waals surface area contributed by atoms with E-state index in [9.17, 15) is 23.1 Å². The van der Waals surface area contributed by atoms with Gasteiger partial charge in [0.05, 0.1) is 37.6 Å². The predicted octanol–water partition coefficient (Wildman–Crippen LogP) is 7.31. The third-order valence-electron chi connectivity index (χ3n) is 7.24.